The summed E-state index contributed by atoms with van der Waals surface area (Å²) >= 11 is 0. The van der Waals surface area contributed by atoms with Crippen LogP contribution in [0, 0.1) is 0 Å². The van der Waals surface area contributed by atoms with Gasteiger partial charge in [-0.1, -0.05) is 31.2 Å². The Morgan fingerprint density at radius 3 is 2.25 bits per heavy atom. The highest BCUT2D eigenvalue weighted by Gasteiger charge is 2.30. The lowest BCUT2D eigenvalue weighted by molar-refractivity contribution is -0.136. The number of nitrogens with one attached hydrogen (secondary N) is 1. The molecule has 0 aliphatic carbocycles. The van der Waals surface area contributed by atoms with Crippen LogP contribution in [0.3, 0.4) is 0 Å². The Kier molecular flexibility index (Phi) is 4.29. The Hall–Kier alpha value is -2.01. The molecule has 1 aliphatic heterocycles. The lowest BCUT2D eigenvalue weighted by Crippen LogP contribution is -2.55. The first-order valence-corrected chi connectivity index (χ1v) is 6.71. The van der Waals surface area contributed by atoms with Gasteiger partial charge in [0.1, 0.15) is 0 Å². The number of Topliss-reactive ketones (excluding diaryl/α,β-unsaturated/α-hetero) is 1. The van der Waals surface area contributed by atoms with Gasteiger partial charge in [0.2, 0.25) is 11.8 Å². The number of rotatable bonds is 4. The highest BCUT2D eigenvalue weighted by atomic mass is 16.2. The van der Waals surface area contributed by atoms with Crippen molar-refractivity contribution in [1.29, 1.82) is 0 Å². The molecule has 0 radical (unpaired) electrons. The van der Waals surface area contributed by atoms with Crippen LogP contribution >= 0.6 is 0 Å². The van der Waals surface area contributed by atoms with Gasteiger partial charge >= 0.3 is 0 Å². The van der Waals surface area contributed by atoms with Crippen LogP contribution in [0.5, 0.6) is 0 Å². The quantitative estimate of drug-likeness (QED) is 0.651. The molecule has 5 nitrogen and oxygen atoms in total. The number of hydrogen-bond donors (Lipinski definition) is 1. The van der Waals surface area contributed by atoms with E-state index in [-0.39, 0.29) is 30.7 Å². The average molecular weight is 274 g/mol. The zero-order valence-electron chi connectivity index (χ0n) is 11.7. The van der Waals surface area contributed by atoms with Crippen LogP contribution in [0.2, 0.25) is 0 Å². The third kappa shape index (κ3) is 3.11. The summed E-state index contributed by atoms with van der Waals surface area (Å²) < 4.78 is 0. The molecule has 5 heteroatoms. The van der Waals surface area contributed by atoms with Gasteiger partial charge in [0, 0.05) is 5.56 Å². The SMILES string of the molecule is CCc1ccc(C(=O)C(C)N2CC(=O)NC(=O)C2)cc1. The molecular weight excluding hydrogens is 256 g/mol. The number of nitrogens with zero attached hydrogens (tertiary/aromatic N) is 1. The first-order chi connectivity index (χ1) is 9.51. The number of carbonyl (C=O) groups excluding carboxylic acids is 3. The molecule has 0 saturated carbocycles. The van der Waals surface area contributed by atoms with Crippen LogP contribution in [0.25, 0.3) is 0 Å². The number of hydrogen-bond acceptors (Lipinski definition) is 4. The second-order valence-electron chi connectivity index (χ2n) is 4.97. The van der Waals surface area contributed by atoms with E-state index in [1.54, 1.807) is 24.0 Å². The molecule has 20 heavy (non-hydrogen) atoms. The molecule has 1 atom stereocenters. The Bertz CT molecular complexity index is 521. The summed E-state index contributed by atoms with van der Waals surface area (Å²) in [7, 11) is 0. The minimum atomic E-state index is -0.488. The molecule has 0 aromatic heterocycles. The van der Waals surface area contributed by atoms with E-state index in [0.29, 0.717) is 5.56 Å². The molecule has 2 rings (SSSR count). The fourth-order valence-corrected chi connectivity index (χ4v) is 2.24. The summed E-state index contributed by atoms with van der Waals surface area (Å²) in [6.45, 7) is 3.93. The van der Waals surface area contributed by atoms with Crippen molar-refractivity contribution in [2.75, 3.05) is 13.1 Å². The first kappa shape index (κ1) is 14.4. The van der Waals surface area contributed by atoms with E-state index in [9.17, 15) is 14.4 Å². The second-order valence-corrected chi connectivity index (χ2v) is 4.97. The van der Waals surface area contributed by atoms with Crippen molar-refractivity contribution in [1.82, 2.24) is 10.2 Å². The van der Waals surface area contributed by atoms with Crippen LogP contribution in [0.15, 0.2) is 24.3 Å². The molecule has 0 spiro atoms. The molecule has 1 N–H and O–H groups in total. The molecule has 2 amide bonds. The molecule has 0 bridgehead atoms. The van der Waals surface area contributed by atoms with E-state index < -0.39 is 6.04 Å². The van der Waals surface area contributed by atoms with Crippen molar-refractivity contribution in [2.24, 2.45) is 0 Å². The predicted molar refractivity (Wildman–Crippen MR) is 74.3 cm³/mol. The normalized spacial score (nSPS) is 17.7. The number of benzene rings is 1. The third-order valence-electron chi connectivity index (χ3n) is 3.55. The van der Waals surface area contributed by atoms with Gasteiger partial charge in [0.05, 0.1) is 19.1 Å². The van der Waals surface area contributed by atoms with E-state index in [4.69, 9.17) is 0 Å². The molecule has 106 valence electrons. The van der Waals surface area contributed by atoms with Gasteiger partial charge in [-0.3, -0.25) is 24.6 Å². The fourth-order valence-electron chi connectivity index (χ4n) is 2.24. The highest BCUT2D eigenvalue weighted by Crippen LogP contribution is 2.12. The van der Waals surface area contributed by atoms with Crippen LogP contribution in [0.1, 0.15) is 29.8 Å². The number of aryl methyl sites for hydroxylation is 1. The average Bonchev–Trinajstić information content (AvgIpc) is 2.45. The van der Waals surface area contributed by atoms with E-state index >= 15 is 0 Å². The van der Waals surface area contributed by atoms with Crippen molar-refractivity contribution in [3.63, 3.8) is 0 Å². The molecule has 1 fully saturated rings. The fraction of sp³-hybridized carbons (Fsp3) is 0.400. The van der Waals surface area contributed by atoms with Gasteiger partial charge in [0.25, 0.3) is 0 Å². The Balaban J connectivity index is 2.10. The number of imide groups is 1. The molecular formula is C15H18N2O3. The van der Waals surface area contributed by atoms with Crippen LogP contribution in [-0.2, 0) is 16.0 Å². The molecule has 1 aliphatic rings. The summed E-state index contributed by atoms with van der Waals surface area (Å²) in [6.07, 6.45) is 0.921. The number of piperazine rings is 1. The minimum Gasteiger partial charge on any atom is -0.294 e. The standard InChI is InChI=1S/C15H18N2O3/c1-3-11-4-6-12(7-5-11)15(20)10(2)17-8-13(18)16-14(19)9-17/h4-7,10H,3,8-9H2,1-2H3,(H,16,18,19). The van der Waals surface area contributed by atoms with Gasteiger partial charge < -0.3 is 0 Å². The molecule has 1 heterocycles. The highest BCUT2D eigenvalue weighted by molar-refractivity contribution is 6.03. The molecule has 1 saturated heterocycles. The largest absolute Gasteiger partial charge is 0.294 e. The van der Waals surface area contributed by atoms with Crippen molar-refractivity contribution < 1.29 is 14.4 Å². The Labute approximate surface area is 118 Å². The smallest absolute Gasteiger partial charge is 0.240 e. The Morgan fingerprint density at radius 2 is 1.75 bits per heavy atom. The zero-order chi connectivity index (χ0) is 14.7. The summed E-state index contributed by atoms with van der Waals surface area (Å²) in [4.78, 5) is 36.7. The van der Waals surface area contributed by atoms with Crippen molar-refractivity contribution in [3.05, 3.63) is 35.4 Å². The van der Waals surface area contributed by atoms with Gasteiger partial charge in [-0.15, -0.1) is 0 Å². The van der Waals surface area contributed by atoms with Crippen LogP contribution in [0.4, 0.5) is 0 Å². The van der Waals surface area contributed by atoms with Crippen molar-refractivity contribution in [2.45, 2.75) is 26.3 Å². The van der Waals surface area contributed by atoms with Crippen LogP contribution in [-0.4, -0.2) is 41.6 Å². The zero-order valence-corrected chi connectivity index (χ0v) is 11.7. The maximum atomic E-state index is 12.4. The van der Waals surface area contributed by atoms with Gasteiger partial charge in [-0.25, -0.2) is 0 Å². The van der Waals surface area contributed by atoms with Gasteiger partial charge in [-0.2, -0.15) is 0 Å². The van der Waals surface area contributed by atoms with E-state index in [1.165, 1.54) is 5.56 Å². The summed E-state index contributed by atoms with van der Waals surface area (Å²) in [6, 6.07) is 6.95. The summed E-state index contributed by atoms with van der Waals surface area (Å²) in [5.74, 6) is -0.792. The van der Waals surface area contributed by atoms with E-state index in [2.05, 4.69) is 12.2 Å². The third-order valence-corrected chi connectivity index (χ3v) is 3.55. The minimum absolute atomic E-state index is 0.0739. The van der Waals surface area contributed by atoms with Crippen molar-refractivity contribution >= 4 is 17.6 Å². The number of amides is 2. The summed E-state index contributed by atoms with van der Waals surface area (Å²) in [5, 5.41) is 2.23. The lowest BCUT2D eigenvalue weighted by atomic mass is 10.0. The summed E-state index contributed by atoms with van der Waals surface area (Å²) in [5.41, 5.74) is 1.77. The topological polar surface area (TPSA) is 66.5 Å². The molecule has 1 aromatic rings. The number of carbonyl (C=O) groups is 3. The maximum Gasteiger partial charge on any atom is 0.240 e. The Morgan fingerprint density at radius 1 is 1.20 bits per heavy atom. The molecule has 1 unspecified atom stereocenters. The number of ketones is 1. The maximum absolute atomic E-state index is 12.4. The molecule has 1 aromatic carbocycles. The lowest BCUT2D eigenvalue weighted by Gasteiger charge is -2.30. The van der Waals surface area contributed by atoms with Gasteiger partial charge in [-0.05, 0) is 18.9 Å². The van der Waals surface area contributed by atoms with E-state index in [1.807, 2.05) is 12.1 Å². The van der Waals surface area contributed by atoms with Crippen LogP contribution < -0.4 is 5.32 Å². The monoisotopic (exact) mass is 274 g/mol. The van der Waals surface area contributed by atoms with Gasteiger partial charge in [0.15, 0.2) is 5.78 Å². The second kappa shape index (κ2) is 5.96. The van der Waals surface area contributed by atoms with Crippen molar-refractivity contribution in [3.8, 4) is 0 Å². The van der Waals surface area contributed by atoms with E-state index in [0.717, 1.165) is 6.42 Å². The predicted octanol–water partition coefficient (Wildman–Crippen LogP) is 0.779. The first-order valence-electron chi connectivity index (χ1n) is 6.71.